The molecule has 0 radical (unpaired) electrons. The molecule has 1 saturated carbocycles. The Hall–Kier alpha value is -2.25. The second kappa shape index (κ2) is 5.68. The third-order valence-corrected chi connectivity index (χ3v) is 4.55. The molecule has 6 nitrogen and oxygen atoms in total. The van der Waals surface area contributed by atoms with Gasteiger partial charge in [0.25, 0.3) is 0 Å². The molecule has 24 heavy (non-hydrogen) atoms. The number of nitrogens with one attached hydrogen (secondary N) is 2. The van der Waals surface area contributed by atoms with Crippen LogP contribution >= 0.6 is 11.6 Å². The van der Waals surface area contributed by atoms with Gasteiger partial charge < -0.3 is 16.0 Å². The molecule has 3 aromatic heterocycles. The van der Waals surface area contributed by atoms with Gasteiger partial charge in [-0.25, -0.2) is 19.3 Å². The smallest absolute Gasteiger partial charge is 0.183 e. The van der Waals surface area contributed by atoms with E-state index < -0.39 is 11.5 Å². The SMILES string of the molecule is NC1(Nc2nc(-c3c[nH]c4ncc(Cl)cc34)ncc2F)CCCC1. The first-order valence-electron chi connectivity index (χ1n) is 7.77. The van der Waals surface area contributed by atoms with E-state index >= 15 is 0 Å². The minimum Gasteiger partial charge on any atom is -0.350 e. The van der Waals surface area contributed by atoms with E-state index in [9.17, 15) is 4.39 Å². The molecule has 0 aliphatic heterocycles. The average molecular weight is 347 g/mol. The molecule has 0 aromatic carbocycles. The molecular weight excluding hydrogens is 331 g/mol. The first-order chi connectivity index (χ1) is 11.5. The van der Waals surface area contributed by atoms with Gasteiger partial charge in [-0.2, -0.15) is 0 Å². The maximum Gasteiger partial charge on any atom is 0.183 e. The summed E-state index contributed by atoms with van der Waals surface area (Å²) in [5.41, 5.74) is 7.03. The lowest BCUT2D eigenvalue weighted by molar-refractivity contribution is 0.493. The summed E-state index contributed by atoms with van der Waals surface area (Å²) in [7, 11) is 0. The van der Waals surface area contributed by atoms with Gasteiger partial charge in [-0.3, -0.25) is 0 Å². The minimum absolute atomic E-state index is 0.119. The summed E-state index contributed by atoms with van der Waals surface area (Å²) in [6.07, 6.45) is 8.07. The number of hydrogen-bond acceptors (Lipinski definition) is 5. The van der Waals surface area contributed by atoms with Gasteiger partial charge in [-0.15, -0.1) is 0 Å². The van der Waals surface area contributed by atoms with Crippen LogP contribution in [0.2, 0.25) is 5.02 Å². The van der Waals surface area contributed by atoms with E-state index in [1.165, 1.54) is 0 Å². The summed E-state index contributed by atoms with van der Waals surface area (Å²) in [4.78, 5) is 15.7. The number of fused-ring (bicyclic) bond motifs is 1. The molecule has 1 aliphatic rings. The zero-order chi connectivity index (χ0) is 16.7. The van der Waals surface area contributed by atoms with Gasteiger partial charge in [-0.1, -0.05) is 11.6 Å². The third-order valence-electron chi connectivity index (χ3n) is 4.35. The first kappa shape index (κ1) is 15.3. The highest BCUT2D eigenvalue weighted by molar-refractivity contribution is 6.31. The van der Waals surface area contributed by atoms with Crippen molar-refractivity contribution < 1.29 is 4.39 Å². The minimum atomic E-state index is -0.614. The van der Waals surface area contributed by atoms with E-state index in [0.717, 1.165) is 37.3 Å². The van der Waals surface area contributed by atoms with Gasteiger partial charge in [0, 0.05) is 23.3 Å². The summed E-state index contributed by atoms with van der Waals surface area (Å²) in [5, 5.41) is 4.34. The lowest BCUT2D eigenvalue weighted by Crippen LogP contribution is -2.45. The van der Waals surface area contributed by atoms with Crippen LogP contribution in [-0.4, -0.2) is 25.6 Å². The van der Waals surface area contributed by atoms with Crippen LogP contribution in [0.4, 0.5) is 10.2 Å². The highest BCUT2D eigenvalue weighted by Crippen LogP contribution is 2.31. The number of H-pyrrole nitrogens is 1. The molecule has 0 saturated heterocycles. The van der Waals surface area contributed by atoms with Crippen LogP contribution in [0.3, 0.4) is 0 Å². The lowest BCUT2D eigenvalue weighted by Gasteiger charge is -2.26. The number of hydrogen-bond donors (Lipinski definition) is 3. The highest BCUT2D eigenvalue weighted by Gasteiger charge is 2.30. The fourth-order valence-electron chi connectivity index (χ4n) is 3.11. The van der Waals surface area contributed by atoms with E-state index in [2.05, 4.69) is 25.3 Å². The van der Waals surface area contributed by atoms with E-state index in [1.54, 1.807) is 18.5 Å². The second-order valence-electron chi connectivity index (χ2n) is 6.13. The molecule has 0 spiro atoms. The van der Waals surface area contributed by atoms with Crippen molar-refractivity contribution in [1.29, 1.82) is 0 Å². The predicted molar refractivity (Wildman–Crippen MR) is 91.1 cm³/mol. The molecule has 8 heteroatoms. The van der Waals surface area contributed by atoms with Crippen LogP contribution in [0.5, 0.6) is 0 Å². The van der Waals surface area contributed by atoms with Gasteiger partial charge in [0.1, 0.15) is 5.65 Å². The molecule has 3 heterocycles. The molecule has 124 valence electrons. The van der Waals surface area contributed by atoms with Crippen LogP contribution in [0.15, 0.2) is 24.7 Å². The second-order valence-corrected chi connectivity index (χ2v) is 6.57. The normalized spacial score (nSPS) is 16.6. The summed E-state index contributed by atoms with van der Waals surface area (Å²) < 4.78 is 14.1. The van der Waals surface area contributed by atoms with Crippen LogP contribution < -0.4 is 11.1 Å². The quantitative estimate of drug-likeness (QED) is 0.632. The number of nitrogens with zero attached hydrogens (tertiary/aromatic N) is 3. The summed E-state index contributed by atoms with van der Waals surface area (Å²) in [6.45, 7) is 0. The number of pyridine rings is 1. The highest BCUT2D eigenvalue weighted by atomic mass is 35.5. The Morgan fingerprint density at radius 2 is 2.04 bits per heavy atom. The van der Waals surface area contributed by atoms with Crippen LogP contribution in [-0.2, 0) is 0 Å². The van der Waals surface area contributed by atoms with Crippen molar-refractivity contribution in [3.05, 3.63) is 35.5 Å². The van der Waals surface area contributed by atoms with Crippen LogP contribution in [0.25, 0.3) is 22.4 Å². The average Bonchev–Trinajstić information content (AvgIpc) is 3.16. The fraction of sp³-hybridized carbons (Fsp3) is 0.312. The standard InChI is InChI=1S/C16H16ClFN6/c17-9-5-10-11(7-21-13(10)20-6-9)14-22-8-12(18)15(23-14)24-16(19)3-1-2-4-16/h5-8H,1-4,19H2,(H,20,21)(H,22,23,24). The van der Waals surface area contributed by atoms with Crippen molar-refractivity contribution in [2.24, 2.45) is 5.73 Å². The van der Waals surface area contributed by atoms with E-state index in [-0.39, 0.29) is 5.82 Å². The number of rotatable bonds is 3. The molecule has 4 rings (SSSR count). The van der Waals surface area contributed by atoms with Crippen molar-refractivity contribution in [3.8, 4) is 11.4 Å². The van der Waals surface area contributed by atoms with E-state index in [4.69, 9.17) is 17.3 Å². The van der Waals surface area contributed by atoms with Crippen molar-refractivity contribution in [2.45, 2.75) is 31.3 Å². The van der Waals surface area contributed by atoms with Crippen LogP contribution in [0, 0.1) is 5.82 Å². The first-order valence-corrected chi connectivity index (χ1v) is 8.14. The maximum absolute atomic E-state index is 14.1. The number of aromatic nitrogens is 4. The van der Waals surface area contributed by atoms with Gasteiger partial charge >= 0.3 is 0 Å². The molecule has 0 amide bonds. The molecule has 1 aliphatic carbocycles. The van der Waals surface area contributed by atoms with E-state index in [0.29, 0.717) is 22.1 Å². The zero-order valence-corrected chi connectivity index (χ0v) is 13.6. The van der Waals surface area contributed by atoms with Gasteiger partial charge in [0.15, 0.2) is 17.5 Å². The Labute approximate surface area is 142 Å². The number of aromatic amines is 1. The number of anilines is 1. The number of halogens is 2. The van der Waals surface area contributed by atoms with Crippen molar-refractivity contribution in [1.82, 2.24) is 19.9 Å². The topological polar surface area (TPSA) is 92.5 Å². The molecule has 3 aromatic rings. The maximum atomic E-state index is 14.1. The molecule has 0 atom stereocenters. The predicted octanol–water partition coefficient (Wildman–Crippen LogP) is 3.45. The molecule has 4 N–H and O–H groups in total. The van der Waals surface area contributed by atoms with Crippen molar-refractivity contribution >= 4 is 28.5 Å². The third kappa shape index (κ3) is 2.70. The Bertz CT molecular complexity index is 903. The Morgan fingerprint density at radius 1 is 1.25 bits per heavy atom. The molecule has 0 bridgehead atoms. The van der Waals surface area contributed by atoms with E-state index in [1.807, 2.05) is 0 Å². The largest absolute Gasteiger partial charge is 0.350 e. The lowest BCUT2D eigenvalue weighted by atomic mass is 10.1. The number of nitrogens with two attached hydrogens (primary N) is 1. The van der Waals surface area contributed by atoms with Crippen LogP contribution in [0.1, 0.15) is 25.7 Å². The Kier molecular flexibility index (Phi) is 3.62. The molecule has 0 unspecified atom stereocenters. The molecule has 1 fully saturated rings. The monoisotopic (exact) mass is 346 g/mol. The summed E-state index contributed by atoms with van der Waals surface area (Å²) in [6, 6.07) is 1.77. The Morgan fingerprint density at radius 3 is 2.83 bits per heavy atom. The van der Waals surface area contributed by atoms with Crippen molar-refractivity contribution in [3.63, 3.8) is 0 Å². The van der Waals surface area contributed by atoms with Gasteiger partial charge in [0.05, 0.1) is 16.9 Å². The summed E-state index contributed by atoms with van der Waals surface area (Å²) >= 11 is 6.02. The fourth-order valence-corrected chi connectivity index (χ4v) is 3.27. The Balaban J connectivity index is 1.75. The zero-order valence-electron chi connectivity index (χ0n) is 12.8. The van der Waals surface area contributed by atoms with Crippen molar-refractivity contribution in [2.75, 3.05) is 5.32 Å². The summed E-state index contributed by atoms with van der Waals surface area (Å²) in [5.74, 6) is -0.0176. The van der Waals surface area contributed by atoms with Gasteiger partial charge in [-0.05, 0) is 31.7 Å². The van der Waals surface area contributed by atoms with Gasteiger partial charge in [0.2, 0.25) is 0 Å². The molecular formula is C16H16ClFN6.